The molecule has 2 aromatic carbocycles. The van der Waals surface area contributed by atoms with Gasteiger partial charge in [0.2, 0.25) is 0 Å². The van der Waals surface area contributed by atoms with Crippen molar-refractivity contribution in [3.8, 4) is 5.75 Å². The standard InChI is InChI=1S/C20H26NO2/c1-3-19(22-14-18-7-5-4-6-8-18)15-23-20-11-9-17(10-12-20)13-16(2)21/h4-12,16,19H,1,3,13-15,21H2,2H3/t16-,19-/m1/s1. The van der Waals surface area contributed by atoms with Gasteiger partial charge in [-0.2, -0.15) is 0 Å². The third-order valence-corrected chi connectivity index (χ3v) is 3.57. The van der Waals surface area contributed by atoms with Gasteiger partial charge in [0.25, 0.3) is 0 Å². The lowest BCUT2D eigenvalue weighted by atomic mass is 10.1. The van der Waals surface area contributed by atoms with Crippen LogP contribution in [0.3, 0.4) is 0 Å². The van der Waals surface area contributed by atoms with Gasteiger partial charge in [0.1, 0.15) is 12.4 Å². The zero-order valence-corrected chi connectivity index (χ0v) is 13.8. The Bertz CT molecular complexity index is 552. The Kier molecular flexibility index (Phi) is 7.11. The summed E-state index contributed by atoms with van der Waals surface area (Å²) in [5.74, 6) is 0.847. The molecule has 3 nitrogen and oxygen atoms in total. The van der Waals surface area contributed by atoms with E-state index in [2.05, 4.69) is 31.2 Å². The Morgan fingerprint density at radius 1 is 1.00 bits per heavy atom. The van der Waals surface area contributed by atoms with Gasteiger partial charge in [0.05, 0.1) is 12.7 Å². The van der Waals surface area contributed by atoms with Gasteiger partial charge in [-0.25, -0.2) is 0 Å². The summed E-state index contributed by atoms with van der Waals surface area (Å²) in [7, 11) is 0. The molecule has 0 aliphatic carbocycles. The first-order chi connectivity index (χ1) is 11.2. The van der Waals surface area contributed by atoms with Crippen LogP contribution < -0.4 is 10.5 Å². The van der Waals surface area contributed by atoms with E-state index in [-0.39, 0.29) is 12.1 Å². The predicted octanol–water partition coefficient (Wildman–Crippen LogP) is 3.76. The number of rotatable bonds is 9. The van der Waals surface area contributed by atoms with Crippen LogP contribution in [0, 0.1) is 6.92 Å². The van der Waals surface area contributed by atoms with Crippen LogP contribution in [0.4, 0.5) is 0 Å². The summed E-state index contributed by atoms with van der Waals surface area (Å²) in [4.78, 5) is 0. The summed E-state index contributed by atoms with van der Waals surface area (Å²) in [6.07, 6.45) is 1.54. The summed E-state index contributed by atoms with van der Waals surface area (Å²) in [6.45, 7) is 7.03. The fraction of sp³-hybridized carbons (Fsp3) is 0.350. The largest absolute Gasteiger partial charge is 0.491 e. The number of benzene rings is 2. The molecule has 23 heavy (non-hydrogen) atoms. The van der Waals surface area contributed by atoms with Gasteiger partial charge in [0.15, 0.2) is 0 Å². The average Bonchev–Trinajstić information content (AvgIpc) is 2.57. The van der Waals surface area contributed by atoms with Crippen LogP contribution in [-0.2, 0) is 17.8 Å². The van der Waals surface area contributed by atoms with Gasteiger partial charge in [-0.1, -0.05) is 49.4 Å². The van der Waals surface area contributed by atoms with E-state index in [0.717, 1.165) is 17.7 Å². The number of hydrogen-bond donors (Lipinski definition) is 1. The zero-order valence-electron chi connectivity index (χ0n) is 13.8. The third kappa shape index (κ3) is 6.43. The highest BCUT2D eigenvalue weighted by atomic mass is 16.5. The molecule has 0 spiro atoms. The first-order valence-electron chi connectivity index (χ1n) is 8.09. The second kappa shape index (κ2) is 9.33. The molecular weight excluding hydrogens is 286 g/mol. The molecular formula is C20H26NO2. The highest BCUT2D eigenvalue weighted by Gasteiger charge is 2.08. The minimum atomic E-state index is -0.0149. The van der Waals surface area contributed by atoms with Gasteiger partial charge in [0, 0.05) is 6.04 Å². The topological polar surface area (TPSA) is 44.5 Å². The molecule has 2 atom stereocenters. The summed E-state index contributed by atoms with van der Waals surface area (Å²) in [6, 6.07) is 18.4. The maximum Gasteiger partial charge on any atom is 0.119 e. The summed E-state index contributed by atoms with van der Waals surface area (Å²) < 4.78 is 11.7. The van der Waals surface area contributed by atoms with E-state index < -0.39 is 0 Å². The van der Waals surface area contributed by atoms with Gasteiger partial charge in [-0.15, -0.1) is 0 Å². The Hall–Kier alpha value is -1.84. The van der Waals surface area contributed by atoms with E-state index in [0.29, 0.717) is 19.6 Å². The van der Waals surface area contributed by atoms with E-state index in [4.69, 9.17) is 15.2 Å². The molecule has 0 saturated carbocycles. The van der Waals surface area contributed by atoms with Crippen molar-refractivity contribution in [2.75, 3.05) is 6.61 Å². The molecule has 0 aliphatic heterocycles. The number of hydrogen-bond acceptors (Lipinski definition) is 3. The van der Waals surface area contributed by atoms with Gasteiger partial charge in [-0.05, 0) is 43.0 Å². The monoisotopic (exact) mass is 312 g/mol. The minimum Gasteiger partial charge on any atom is -0.491 e. The number of ether oxygens (including phenoxy) is 2. The minimum absolute atomic E-state index is 0.0149. The van der Waals surface area contributed by atoms with E-state index in [1.54, 1.807) is 0 Å². The first kappa shape index (κ1) is 17.5. The lowest BCUT2D eigenvalue weighted by molar-refractivity contribution is 0.0111. The van der Waals surface area contributed by atoms with Crippen molar-refractivity contribution in [3.05, 3.63) is 72.6 Å². The molecule has 0 saturated heterocycles. The van der Waals surface area contributed by atoms with Crippen molar-refractivity contribution in [3.63, 3.8) is 0 Å². The summed E-state index contributed by atoms with van der Waals surface area (Å²) in [5.41, 5.74) is 8.19. The van der Waals surface area contributed by atoms with Crippen LogP contribution in [0.15, 0.2) is 54.6 Å². The molecule has 2 N–H and O–H groups in total. The molecule has 2 rings (SSSR count). The van der Waals surface area contributed by atoms with E-state index in [9.17, 15) is 0 Å². The molecule has 0 unspecified atom stereocenters. The van der Waals surface area contributed by atoms with Crippen molar-refractivity contribution >= 4 is 0 Å². The lowest BCUT2D eigenvalue weighted by Crippen LogP contribution is -2.21. The molecule has 0 aliphatic rings. The smallest absolute Gasteiger partial charge is 0.119 e. The van der Waals surface area contributed by atoms with Crippen LogP contribution in [0.1, 0.15) is 24.5 Å². The molecule has 0 aromatic heterocycles. The zero-order chi connectivity index (χ0) is 16.5. The van der Waals surface area contributed by atoms with E-state index >= 15 is 0 Å². The van der Waals surface area contributed by atoms with Gasteiger partial charge in [-0.3, -0.25) is 0 Å². The van der Waals surface area contributed by atoms with Crippen LogP contribution in [0.25, 0.3) is 0 Å². The summed E-state index contributed by atoms with van der Waals surface area (Å²) >= 11 is 0. The van der Waals surface area contributed by atoms with Gasteiger partial charge < -0.3 is 15.2 Å². The molecule has 3 heteroatoms. The molecule has 2 aromatic rings. The highest BCUT2D eigenvalue weighted by Crippen LogP contribution is 2.15. The van der Waals surface area contributed by atoms with E-state index in [1.165, 1.54) is 5.56 Å². The maximum absolute atomic E-state index is 5.87. The van der Waals surface area contributed by atoms with Crippen molar-refractivity contribution in [1.29, 1.82) is 0 Å². The fourth-order valence-electron chi connectivity index (χ4n) is 2.29. The molecule has 0 heterocycles. The Morgan fingerprint density at radius 3 is 2.30 bits per heavy atom. The fourth-order valence-corrected chi connectivity index (χ4v) is 2.29. The van der Waals surface area contributed by atoms with Crippen LogP contribution in [0.5, 0.6) is 5.75 Å². The van der Waals surface area contributed by atoms with Crippen molar-refractivity contribution in [2.45, 2.75) is 38.5 Å². The summed E-state index contributed by atoms with van der Waals surface area (Å²) in [5, 5.41) is 0. The van der Waals surface area contributed by atoms with Crippen molar-refractivity contribution < 1.29 is 9.47 Å². The quantitative estimate of drug-likeness (QED) is 0.766. The van der Waals surface area contributed by atoms with Crippen molar-refractivity contribution in [2.24, 2.45) is 5.73 Å². The van der Waals surface area contributed by atoms with Crippen LogP contribution >= 0.6 is 0 Å². The predicted molar refractivity (Wildman–Crippen MR) is 94.3 cm³/mol. The maximum atomic E-state index is 5.87. The Labute approximate surface area is 139 Å². The highest BCUT2D eigenvalue weighted by molar-refractivity contribution is 5.27. The average molecular weight is 312 g/mol. The van der Waals surface area contributed by atoms with Crippen molar-refractivity contribution in [1.82, 2.24) is 0 Å². The van der Waals surface area contributed by atoms with Gasteiger partial charge >= 0.3 is 0 Å². The lowest BCUT2D eigenvalue weighted by Gasteiger charge is -2.17. The first-order valence-corrected chi connectivity index (χ1v) is 8.09. The molecule has 0 bridgehead atoms. The van der Waals surface area contributed by atoms with E-state index in [1.807, 2.05) is 37.3 Å². The third-order valence-electron chi connectivity index (χ3n) is 3.57. The van der Waals surface area contributed by atoms with Crippen LogP contribution in [-0.4, -0.2) is 18.8 Å². The molecule has 1 radical (unpaired) electrons. The molecule has 0 amide bonds. The molecule has 123 valence electrons. The Balaban J connectivity index is 1.78. The number of nitrogens with two attached hydrogens (primary N) is 1. The molecule has 0 fully saturated rings. The van der Waals surface area contributed by atoms with Crippen LogP contribution in [0.2, 0.25) is 0 Å². The second-order valence-corrected chi connectivity index (χ2v) is 5.84. The Morgan fingerprint density at radius 2 is 1.70 bits per heavy atom. The normalized spacial score (nSPS) is 13.5. The second-order valence-electron chi connectivity index (χ2n) is 5.84. The SMILES string of the molecule is [CH2]C[C@H](COc1ccc(C[C@@H](C)N)cc1)OCc1ccccc1.